The quantitative estimate of drug-likeness (QED) is 0.534. The maximum Gasteiger partial charge on any atom is 0.242 e. The summed E-state index contributed by atoms with van der Waals surface area (Å²) in [4.78, 5) is 29.3. The van der Waals surface area contributed by atoms with E-state index in [9.17, 15) is 14.0 Å². The number of methoxy groups -OCH3 is 1. The molecule has 0 saturated carbocycles. The van der Waals surface area contributed by atoms with E-state index < -0.39 is 0 Å². The number of aryl methyl sites for hydroxylation is 1. The molecule has 30 heavy (non-hydrogen) atoms. The molecule has 164 valence electrons. The molecule has 6 nitrogen and oxygen atoms in total. The fourth-order valence-corrected chi connectivity index (χ4v) is 3.14. The smallest absolute Gasteiger partial charge is 0.242 e. The molecule has 0 unspecified atom stereocenters. The molecule has 2 rings (SSSR count). The van der Waals surface area contributed by atoms with Gasteiger partial charge in [-0.3, -0.25) is 9.59 Å². The average Bonchev–Trinajstić information content (AvgIpc) is 3.14. The fourth-order valence-electron chi connectivity index (χ4n) is 3.14. The second-order valence-corrected chi connectivity index (χ2v) is 7.39. The molecule has 0 bridgehead atoms. The van der Waals surface area contributed by atoms with E-state index in [1.54, 1.807) is 19.2 Å². The summed E-state index contributed by atoms with van der Waals surface area (Å²) in [7, 11) is 3.52. The van der Waals surface area contributed by atoms with Gasteiger partial charge in [-0.2, -0.15) is 0 Å². The Morgan fingerprint density at radius 1 is 1.07 bits per heavy atom. The minimum absolute atomic E-state index is 0.00246. The summed E-state index contributed by atoms with van der Waals surface area (Å²) in [5.41, 5.74) is 1.75. The van der Waals surface area contributed by atoms with E-state index in [1.807, 2.05) is 34.8 Å². The molecule has 7 heteroatoms. The van der Waals surface area contributed by atoms with Crippen molar-refractivity contribution in [2.75, 3.05) is 33.4 Å². The molecule has 0 aliphatic heterocycles. The van der Waals surface area contributed by atoms with Crippen LogP contribution in [-0.4, -0.2) is 59.5 Å². The highest BCUT2D eigenvalue weighted by Crippen LogP contribution is 2.10. The van der Waals surface area contributed by atoms with Crippen LogP contribution in [0.4, 0.5) is 4.39 Å². The third kappa shape index (κ3) is 7.30. The van der Waals surface area contributed by atoms with Crippen molar-refractivity contribution in [3.05, 3.63) is 59.7 Å². The third-order valence-corrected chi connectivity index (χ3v) is 5.05. The minimum atomic E-state index is -0.343. The van der Waals surface area contributed by atoms with Crippen LogP contribution in [0.5, 0.6) is 0 Å². The summed E-state index contributed by atoms with van der Waals surface area (Å²) < 4.78 is 20.3. The highest BCUT2D eigenvalue weighted by atomic mass is 19.1. The van der Waals surface area contributed by atoms with E-state index in [0.717, 1.165) is 18.5 Å². The zero-order valence-electron chi connectivity index (χ0n) is 18.1. The Morgan fingerprint density at radius 2 is 1.80 bits per heavy atom. The van der Waals surface area contributed by atoms with Crippen molar-refractivity contribution in [3.63, 3.8) is 0 Å². The molecule has 0 fully saturated rings. The zero-order valence-corrected chi connectivity index (χ0v) is 18.1. The Labute approximate surface area is 178 Å². The normalized spacial score (nSPS) is 10.8. The molecule has 1 aromatic carbocycles. The third-order valence-electron chi connectivity index (χ3n) is 5.05. The molecule has 0 atom stereocenters. The molecule has 1 heterocycles. The second-order valence-electron chi connectivity index (χ2n) is 7.39. The van der Waals surface area contributed by atoms with Crippen molar-refractivity contribution in [1.82, 2.24) is 14.4 Å². The highest BCUT2D eigenvalue weighted by Gasteiger charge is 2.22. The summed E-state index contributed by atoms with van der Waals surface area (Å²) in [6.45, 7) is 3.90. The van der Waals surface area contributed by atoms with Crippen LogP contribution in [0.2, 0.25) is 0 Å². The number of carbonyl (C=O) groups is 2. The van der Waals surface area contributed by atoms with E-state index >= 15 is 0 Å². The molecular formula is C23H32FN3O3. The SMILES string of the molecule is CCCCN(Cc1cccn1C)C(=O)CN(CCOC)C(=O)Cc1ccc(F)cc1. The lowest BCUT2D eigenvalue weighted by atomic mass is 10.1. The predicted octanol–water partition coefficient (Wildman–Crippen LogP) is 3.01. The molecule has 0 saturated heterocycles. The van der Waals surface area contributed by atoms with Crippen LogP contribution >= 0.6 is 0 Å². The molecule has 0 spiro atoms. The van der Waals surface area contributed by atoms with Crippen molar-refractivity contribution in [2.45, 2.75) is 32.7 Å². The van der Waals surface area contributed by atoms with Gasteiger partial charge < -0.3 is 19.1 Å². The number of benzene rings is 1. The Balaban J connectivity index is 2.08. The molecule has 2 aromatic rings. The van der Waals surface area contributed by atoms with Crippen LogP contribution in [0.25, 0.3) is 0 Å². The molecule has 0 radical (unpaired) electrons. The Morgan fingerprint density at radius 3 is 2.40 bits per heavy atom. The average molecular weight is 418 g/mol. The number of nitrogens with zero attached hydrogens (tertiary/aromatic N) is 3. The maximum absolute atomic E-state index is 13.1. The number of rotatable bonds is 12. The molecule has 0 aliphatic carbocycles. The van der Waals surface area contributed by atoms with Gasteiger partial charge >= 0.3 is 0 Å². The number of ether oxygens (including phenoxy) is 1. The molecule has 0 aliphatic rings. The molecule has 1 aromatic heterocycles. The first kappa shape index (κ1) is 23.6. The van der Waals surface area contributed by atoms with Gasteiger partial charge in [-0.25, -0.2) is 4.39 Å². The summed E-state index contributed by atoms with van der Waals surface area (Å²) in [5.74, 6) is -0.612. The lowest BCUT2D eigenvalue weighted by Crippen LogP contribution is -2.44. The van der Waals surface area contributed by atoms with E-state index in [1.165, 1.54) is 17.0 Å². The predicted molar refractivity (Wildman–Crippen MR) is 114 cm³/mol. The summed E-state index contributed by atoms with van der Waals surface area (Å²) in [6, 6.07) is 9.79. The zero-order chi connectivity index (χ0) is 21.9. The van der Waals surface area contributed by atoms with Crippen LogP contribution < -0.4 is 0 Å². The molecule has 0 N–H and O–H groups in total. The number of hydrogen-bond acceptors (Lipinski definition) is 3. The molecule has 2 amide bonds. The number of amides is 2. The van der Waals surface area contributed by atoms with Crippen molar-refractivity contribution < 1.29 is 18.7 Å². The lowest BCUT2D eigenvalue weighted by Gasteiger charge is -2.28. The number of carbonyl (C=O) groups excluding carboxylic acids is 2. The van der Waals surface area contributed by atoms with Gasteiger partial charge in [0.05, 0.1) is 26.1 Å². The monoisotopic (exact) mass is 417 g/mol. The summed E-state index contributed by atoms with van der Waals surface area (Å²) in [6.07, 6.45) is 3.95. The van der Waals surface area contributed by atoms with Gasteiger partial charge in [0.2, 0.25) is 11.8 Å². The van der Waals surface area contributed by atoms with Crippen molar-refractivity contribution in [3.8, 4) is 0 Å². The Kier molecular flexibility index (Phi) is 9.54. The van der Waals surface area contributed by atoms with Crippen LogP contribution in [-0.2, 0) is 34.3 Å². The fraction of sp³-hybridized carbons (Fsp3) is 0.478. The topological polar surface area (TPSA) is 54.8 Å². The summed E-state index contributed by atoms with van der Waals surface area (Å²) >= 11 is 0. The first-order chi connectivity index (χ1) is 14.4. The van der Waals surface area contributed by atoms with Gasteiger partial charge in [0.25, 0.3) is 0 Å². The van der Waals surface area contributed by atoms with Crippen molar-refractivity contribution >= 4 is 11.8 Å². The maximum atomic E-state index is 13.1. The highest BCUT2D eigenvalue weighted by molar-refractivity contribution is 5.86. The van der Waals surface area contributed by atoms with Gasteiger partial charge in [-0.1, -0.05) is 25.5 Å². The van der Waals surface area contributed by atoms with Gasteiger partial charge in [0.1, 0.15) is 5.82 Å². The van der Waals surface area contributed by atoms with Crippen LogP contribution in [0.1, 0.15) is 31.0 Å². The first-order valence-corrected chi connectivity index (χ1v) is 10.3. The van der Waals surface area contributed by atoms with E-state index in [-0.39, 0.29) is 30.6 Å². The Hall–Kier alpha value is -2.67. The van der Waals surface area contributed by atoms with Crippen LogP contribution in [0.3, 0.4) is 0 Å². The number of hydrogen-bond donors (Lipinski definition) is 0. The van der Waals surface area contributed by atoms with Gasteiger partial charge in [0, 0.05) is 39.1 Å². The van der Waals surface area contributed by atoms with Gasteiger partial charge in [0.15, 0.2) is 0 Å². The summed E-state index contributed by atoms with van der Waals surface area (Å²) in [5, 5.41) is 0. The van der Waals surface area contributed by atoms with Crippen LogP contribution in [0.15, 0.2) is 42.6 Å². The first-order valence-electron chi connectivity index (χ1n) is 10.3. The number of unbranched alkanes of at least 4 members (excludes halogenated alkanes) is 1. The Bertz CT molecular complexity index is 804. The number of aromatic nitrogens is 1. The minimum Gasteiger partial charge on any atom is -0.383 e. The molecular weight excluding hydrogens is 385 g/mol. The van der Waals surface area contributed by atoms with Gasteiger partial charge in [-0.05, 0) is 36.2 Å². The lowest BCUT2D eigenvalue weighted by molar-refractivity contribution is -0.141. The number of halogens is 1. The van der Waals surface area contributed by atoms with Crippen molar-refractivity contribution in [2.24, 2.45) is 7.05 Å². The van der Waals surface area contributed by atoms with E-state index in [2.05, 4.69) is 6.92 Å². The standard InChI is InChI=1S/C23H32FN3O3/c1-4-5-13-26(17-21-7-6-12-25(21)2)23(29)18-27(14-15-30-3)22(28)16-19-8-10-20(24)11-9-19/h6-12H,4-5,13-18H2,1-3H3. The van der Waals surface area contributed by atoms with Crippen LogP contribution in [0, 0.1) is 5.82 Å². The van der Waals surface area contributed by atoms with E-state index in [0.29, 0.717) is 31.8 Å². The van der Waals surface area contributed by atoms with Gasteiger partial charge in [-0.15, -0.1) is 0 Å². The largest absolute Gasteiger partial charge is 0.383 e. The van der Waals surface area contributed by atoms with Crippen molar-refractivity contribution in [1.29, 1.82) is 0 Å². The second kappa shape index (κ2) is 12.1. The van der Waals surface area contributed by atoms with E-state index in [4.69, 9.17) is 4.74 Å².